The molecule has 2 rings (SSSR count). The molecule has 0 N–H and O–H groups in total. The van der Waals surface area contributed by atoms with Crippen LogP contribution in [0.5, 0.6) is 0 Å². The Morgan fingerprint density at radius 3 is 2.53 bits per heavy atom. The van der Waals surface area contributed by atoms with Crippen LogP contribution in [0.4, 0.5) is 0 Å². The maximum absolute atomic E-state index is 11.2. The molecule has 0 radical (unpaired) electrons. The van der Waals surface area contributed by atoms with Crippen molar-refractivity contribution in [2.75, 3.05) is 6.54 Å². The summed E-state index contributed by atoms with van der Waals surface area (Å²) in [6.45, 7) is 0.313. The molecule has 0 spiro atoms. The van der Waals surface area contributed by atoms with Gasteiger partial charge < -0.3 is 10.0 Å². The number of amides is 1. The largest absolute Gasteiger partial charge is 1.00 e. The topological polar surface area (TPSA) is 55.7 Å². The molecule has 0 aliphatic carbocycles. The van der Waals surface area contributed by atoms with Gasteiger partial charge in [0.2, 0.25) is 5.91 Å². The third-order valence-corrected chi connectivity index (χ3v) is 2.07. The fraction of sp³-hybridized carbons (Fsp3) is 0.200. The number of hydrogen-bond acceptors (Lipinski definition) is 3. The number of aliphatic imine (C=N–C) groups is 1. The van der Waals surface area contributed by atoms with Crippen molar-refractivity contribution in [2.45, 2.75) is 6.54 Å². The molecule has 1 aromatic rings. The zero-order valence-electron chi connectivity index (χ0n) is 8.51. The summed E-state index contributed by atoms with van der Waals surface area (Å²) in [7, 11) is 0. The first kappa shape index (κ1) is 12.9. The molecular weight excluding hydrogens is 219 g/mol. The van der Waals surface area contributed by atoms with Crippen molar-refractivity contribution < 1.29 is 61.3 Å². The van der Waals surface area contributed by atoms with E-state index >= 15 is 0 Å². The van der Waals surface area contributed by atoms with Gasteiger partial charge >= 0.3 is 51.4 Å². The Hall–Kier alpha value is -0.204. The fourth-order valence-electron chi connectivity index (χ4n) is 1.33. The van der Waals surface area contributed by atoms with Crippen LogP contribution in [-0.2, 0) is 11.3 Å². The van der Waals surface area contributed by atoms with Crippen molar-refractivity contribution in [2.24, 2.45) is 4.99 Å². The number of carbonyl (C=O) groups is 1. The van der Waals surface area contributed by atoms with E-state index in [0.717, 1.165) is 10.5 Å². The van der Waals surface area contributed by atoms with E-state index in [4.69, 9.17) is 0 Å². The third-order valence-electron chi connectivity index (χ3n) is 2.07. The van der Waals surface area contributed by atoms with Gasteiger partial charge in [0, 0.05) is 0 Å². The molecule has 0 aromatic heterocycles. The van der Waals surface area contributed by atoms with Gasteiger partial charge in [0.15, 0.2) is 0 Å². The molecule has 15 heavy (non-hydrogen) atoms. The predicted molar refractivity (Wildman–Crippen MR) is 49.3 cm³/mol. The summed E-state index contributed by atoms with van der Waals surface area (Å²) < 4.78 is 0. The maximum Gasteiger partial charge on any atom is 1.00 e. The zero-order valence-corrected chi connectivity index (χ0v) is 11.6. The zero-order chi connectivity index (χ0) is 9.97. The van der Waals surface area contributed by atoms with Crippen LogP contribution in [0.3, 0.4) is 0 Å². The minimum atomic E-state index is -0.432. The molecule has 1 aliphatic rings. The molecule has 0 saturated heterocycles. The number of amidine groups is 1. The summed E-state index contributed by atoms with van der Waals surface area (Å²) in [4.78, 5) is 15.9. The SMILES string of the molecule is O=C1CN=C([O-])N1Cc1ccccc1.[K+]. The van der Waals surface area contributed by atoms with Crippen molar-refractivity contribution in [1.82, 2.24) is 4.90 Å². The van der Waals surface area contributed by atoms with Gasteiger partial charge in [0.05, 0.1) is 12.6 Å². The minimum Gasteiger partial charge on any atom is -0.846 e. The molecule has 5 heteroatoms. The second-order valence-corrected chi connectivity index (χ2v) is 3.06. The monoisotopic (exact) mass is 228 g/mol. The Bertz CT molecular complexity index is 378. The Morgan fingerprint density at radius 2 is 2.00 bits per heavy atom. The fourth-order valence-corrected chi connectivity index (χ4v) is 1.33. The molecule has 0 saturated carbocycles. The van der Waals surface area contributed by atoms with Crippen LogP contribution in [0.15, 0.2) is 35.3 Å². The van der Waals surface area contributed by atoms with Crippen LogP contribution in [-0.4, -0.2) is 23.4 Å². The molecule has 1 aromatic carbocycles. The quantitative estimate of drug-likeness (QED) is 0.499. The summed E-state index contributed by atoms with van der Waals surface area (Å²) in [5, 5.41) is 11.1. The van der Waals surface area contributed by atoms with Crippen molar-refractivity contribution in [3.8, 4) is 0 Å². The number of rotatable bonds is 2. The molecule has 1 aliphatic heterocycles. The van der Waals surface area contributed by atoms with Crippen LogP contribution < -0.4 is 56.5 Å². The summed E-state index contributed by atoms with van der Waals surface area (Å²) >= 11 is 0. The van der Waals surface area contributed by atoms with Gasteiger partial charge in [-0.1, -0.05) is 30.3 Å². The second-order valence-electron chi connectivity index (χ2n) is 3.06. The third kappa shape index (κ3) is 3.12. The van der Waals surface area contributed by atoms with Gasteiger partial charge in [-0.15, -0.1) is 0 Å². The van der Waals surface area contributed by atoms with Gasteiger partial charge in [-0.2, -0.15) is 0 Å². The van der Waals surface area contributed by atoms with E-state index in [9.17, 15) is 9.90 Å². The van der Waals surface area contributed by atoms with Gasteiger partial charge in [0.25, 0.3) is 0 Å². The number of benzene rings is 1. The van der Waals surface area contributed by atoms with Crippen molar-refractivity contribution >= 4 is 11.9 Å². The second kappa shape index (κ2) is 5.76. The number of carbonyl (C=O) groups excluding carboxylic acids is 1. The molecule has 0 atom stereocenters. The average molecular weight is 228 g/mol. The summed E-state index contributed by atoms with van der Waals surface area (Å²) in [5.41, 5.74) is 0.936. The summed E-state index contributed by atoms with van der Waals surface area (Å²) in [5.74, 6) is -0.223. The predicted octanol–water partition coefficient (Wildman–Crippen LogP) is -3.25. The van der Waals surface area contributed by atoms with Gasteiger partial charge in [0.1, 0.15) is 6.54 Å². The van der Waals surface area contributed by atoms with E-state index in [1.54, 1.807) is 0 Å². The normalized spacial score (nSPS) is 14.8. The van der Waals surface area contributed by atoms with Gasteiger partial charge in [-0.3, -0.25) is 9.79 Å². The van der Waals surface area contributed by atoms with E-state index in [1.165, 1.54) is 0 Å². The van der Waals surface area contributed by atoms with Crippen LogP contribution in [0, 0.1) is 0 Å². The Labute approximate surface area is 130 Å². The molecule has 0 fully saturated rings. The smallest absolute Gasteiger partial charge is 0.846 e. The van der Waals surface area contributed by atoms with Crippen LogP contribution >= 0.6 is 0 Å². The molecule has 1 amide bonds. The average Bonchev–Trinajstić information content (AvgIpc) is 2.51. The van der Waals surface area contributed by atoms with E-state index in [1.807, 2.05) is 30.3 Å². The Balaban J connectivity index is 0.00000112. The van der Waals surface area contributed by atoms with E-state index in [0.29, 0.717) is 6.54 Å². The first-order valence-corrected chi connectivity index (χ1v) is 4.33. The van der Waals surface area contributed by atoms with E-state index in [-0.39, 0.29) is 63.8 Å². The van der Waals surface area contributed by atoms with E-state index < -0.39 is 6.02 Å². The first-order valence-electron chi connectivity index (χ1n) is 4.33. The molecule has 72 valence electrons. The maximum atomic E-state index is 11.2. The Morgan fingerprint density at radius 1 is 1.33 bits per heavy atom. The summed E-state index contributed by atoms with van der Waals surface area (Å²) in [6, 6.07) is 8.95. The van der Waals surface area contributed by atoms with Crippen LogP contribution in [0.1, 0.15) is 5.56 Å². The van der Waals surface area contributed by atoms with Crippen LogP contribution in [0.2, 0.25) is 0 Å². The van der Waals surface area contributed by atoms with E-state index in [2.05, 4.69) is 4.99 Å². The standard InChI is InChI=1S/C10H10N2O2.K/c13-9-6-11-10(14)12(9)7-8-4-2-1-3-5-8;/h1-5H,6-7H2,(H,11,14);/q;+1/p-1. The molecule has 1 heterocycles. The molecule has 0 bridgehead atoms. The Kier molecular flexibility index (Phi) is 4.94. The minimum absolute atomic E-state index is 0. The molecular formula is C10H9KN2O2. The van der Waals surface area contributed by atoms with Crippen LogP contribution in [0.25, 0.3) is 0 Å². The van der Waals surface area contributed by atoms with Gasteiger partial charge in [-0.05, 0) is 5.56 Å². The first-order chi connectivity index (χ1) is 6.77. The van der Waals surface area contributed by atoms with Crippen molar-refractivity contribution in [3.05, 3.63) is 35.9 Å². The molecule has 0 unspecified atom stereocenters. The van der Waals surface area contributed by atoms with Crippen molar-refractivity contribution in [3.63, 3.8) is 0 Å². The summed E-state index contributed by atoms with van der Waals surface area (Å²) in [6.07, 6.45) is 0. The van der Waals surface area contributed by atoms with Gasteiger partial charge in [-0.25, -0.2) is 0 Å². The van der Waals surface area contributed by atoms with Crippen molar-refractivity contribution in [1.29, 1.82) is 0 Å². The molecule has 4 nitrogen and oxygen atoms in total. The number of nitrogens with zero attached hydrogens (tertiary/aromatic N) is 2. The number of hydrogen-bond donors (Lipinski definition) is 0.